The second-order valence-corrected chi connectivity index (χ2v) is 5.67. The maximum Gasteiger partial charge on any atom is 0.288 e. The molecule has 6 nitrogen and oxygen atoms in total. The van der Waals surface area contributed by atoms with Gasteiger partial charge in [-0.2, -0.15) is 0 Å². The van der Waals surface area contributed by atoms with Crippen molar-refractivity contribution in [1.82, 2.24) is 9.97 Å². The summed E-state index contributed by atoms with van der Waals surface area (Å²) in [5.41, 5.74) is 0.410. The lowest BCUT2D eigenvalue weighted by atomic mass is 10.2. The monoisotopic (exact) mass is 320 g/mol. The predicted octanol–water partition coefficient (Wildman–Crippen LogP) is 3.87. The van der Waals surface area contributed by atoms with E-state index in [2.05, 4.69) is 15.3 Å². The molecule has 1 aromatic carbocycles. The van der Waals surface area contributed by atoms with Crippen molar-refractivity contribution >= 4 is 45.3 Å². The fourth-order valence-corrected chi connectivity index (χ4v) is 2.80. The van der Waals surface area contributed by atoms with E-state index < -0.39 is 4.92 Å². The van der Waals surface area contributed by atoms with E-state index in [9.17, 15) is 10.1 Å². The van der Waals surface area contributed by atoms with E-state index in [-0.39, 0.29) is 10.7 Å². The molecule has 0 aliphatic heterocycles. The third-order valence-corrected chi connectivity index (χ3v) is 4.09. The first kappa shape index (κ1) is 13.7. The zero-order chi connectivity index (χ0) is 14.8. The number of halogens is 1. The number of nitrogens with zero attached hydrogens (tertiary/aromatic N) is 3. The Morgan fingerprint density at radius 1 is 1.38 bits per heavy atom. The summed E-state index contributed by atoms with van der Waals surface area (Å²) in [7, 11) is 0. The summed E-state index contributed by atoms with van der Waals surface area (Å²) in [4.78, 5) is 19.9. The lowest BCUT2D eigenvalue weighted by Crippen LogP contribution is -2.01. The van der Waals surface area contributed by atoms with Crippen molar-refractivity contribution in [2.24, 2.45) is 0 Å². The maximum atomic E-state index is 11.0. The van der Waals surface area contributed by atoms with Crippen LogP contribution in [0.15, 0.2) is 36.0 Å². The molecule has 106 valence electrons. The summed E-state index contributed by atoms with van der Waals surface area (Å²) < 4.78 is 0. The Morgan fingerprint density at radius 2 is 2.24 bits per heavy atom. The Balaban J connectivity index is 2.01. The van der Waals surface area contributed by atoms with Crippen LogP contribution >= 0.6 is 22.9 Å². The minimum Gasteiger partial charge on any atom is -0.365 e. The second kappa shape index (κ2) is 5.63. The van der Waals surface area contributed by atoms with Gasteiger partial charge in [0, 0.05) is 16.3 Å². The van der Waals surface area contributed by atoms with E-state index in [1.807, 2.05) is 17.5 Å². The minimum atomic E-state index is -0.516. The van der Waals surface area contributed by atoms with E-state index in [0.717, 1.165) is 4.88 Å². The van der Waals surface area contributed by atoms with Gasteiger partial charge in [-0.1, -0.05) is 17.7 Å². The van der Waals surface area contributed by atoms with Crippen LogP contribution in [0.3, 0.4) is 0 Å². The van der Waals surface area contributed by atoms with Crippen LogP contribution < -0.4 is 5.32 Å². The Morgan fingerprint density at radius 3 is 2.95 bits per heavy atom. The molecular weight excluding hydrogens is 312 g/mol. The Labute approximate surface area is 128 Å². The van der Waals surface area contributed by atoms with Crippen molar-refractivity contribution in [3.8, 4) is 0 Å². The summed E-state index contributed by atoms with van der Waals surface area (Å²) in [6, 6.07) is 6.84. The van der Waals surface area contributed by atoms with E-state index in [0.29, 0.717) is 23.3 Å². The first-order valence-corrected chi connectivity index (χ1v) is 7.26. The van der Waals surface area contributed by atoms with Crippen molar-refractivity contribution < 1.29 is 4.92 Å². The number of rotatable bonds is 4. The maximum absolute atomic E-state index is 11.0. The lowest BCUT2D eigenvalue weighted by Gasteiger charge is -2.07. The highest BCUT2D eigenvalue weighted by atomic mass is 35.5. The molecule has 0 unspecified atom stereocenters. The molecule has 0 aliphatic rings. The molecule has 0 saturated heterocycles. The number of nitro groups is 1. The van der Waals surface area contributed by atoms with Gasteiger partial charge < -0.3 is 5.32 Å². The number of aromatic nitrogens is 2. The molecule has 0 atom stereocenters. The average molecular weight is 321 g/mol. The second-order valence-electron chi connectivity index (χ2n) is 4.23. The Hall–Kier alpha value is -2.25. The first-order chi connectivity index (χ1) is 10.1. The van der Waals surface area contributed by atoms with Crippen LogP contribution in [0.1, 0.15) is 4.88 Å². The van der Waals surface area contributed by atoms with Gasteiger partial charge in [-0.25, -0.2) is 9.97 Å². The van der Waals surface area contributed by atoms with Gasteiger partial charge in [-0.05, 0) is 17.5 Å². The third kappa shape index (κ3) is 2.79. The molecule has 0 aliphatic carbocycles. The largest absolute Gasteiger partial charge is 0.365 e. The van der Waals surface area contributed by atoms with Crippen molar-refractivity contribution in [3.05, 3.63) is 56.0 Å². The van der Waals surface area contributed by atoms with Gasteiger partial charge in [-0.3, -0.25) is 10.1 Å². The SMILES string of the molecule is O=[N+]([O-])c1cc2c(NCc3cccs3)ncnc2cc1Cl. The average Bonchev–Trinajstić information content (AvgIpc) is 2.97. The third-order valence-electron chi connectivity index (χ3n) is 2.91. The molecule has 2 aromatic heterocycles. The number of nitro benzene ring substituents is 1. The molecule has 3 aromatic rings. The van der Waals surface area contributed by atoms with Crippen LogP contribution in [0.5, 0.6) is 0 Å². The quantitative estimate of drug-likeness (QED) is 0.583. The Kier molecular flexibility index (Phi) is 3.68. The molecule has 0 fully saturated rings. The summed E-state index contributed by atoms with van der Waals surface area (Å²) >= 11 is 7.51. The molecule has 0 bridgehead atoms. The van der Waals surface area contributed by atoms with Gasteiger partial charge in [0.05, 0.1) is 17.0 Å². The summed E-state index contributed by atoms with van der Waals surface area (Å²) in [5, 5.41) is 16.8. The summed E-state index contributed by atoms with van der Waals surface area (Å²) in [5.74, 6) is 0.549. The number of benzene rings is 1. The minimum absolute atomic E-state index is 0.0652. The molecule has 1 N–H and O–H groups in total. The van der Waals surface area contributed by atoms with Crippen molar-refractivity contribution in [3.63, 3.8) is 0 Å². The normalized spacial score (nSPS) is 10.7. The van der Waals surface area contributed by atoms with Gasteiger partial charge >= 0.3 is 0 Å². The zero-order valence-corrected chi connectivity index (χ0v) is 12.2. The van der Waals surface area contributed by atoms with E-state index in [4.69, 9.17) is 11.6 Å². The zero-order valence-electron chi connectivity index (χ0n) is 10.6. The Bertz CT molecular complexity index is 807. The van der Waals surface area contributed by atoms with Crippen molar-refractivity contribution in [2.75, 3.05) is 5.32 Å². The van der Waals surface area contributed by atoms with Crippen LogP contribution in [0.2, 0.25) is 5.02 Å². The topological polar surface area (TPSA) is 81.0 Å². The van der Waals surface area contributed by atoms with E-state index >= 15 is 0 Å². The van der Waals surface area contributed by atoms with Gasteiger partial charge in [0.2, 0.25) is 0 Å². The highest BCUT2D eigenvalue weighted by Gasteiger charge is 2.16. The lowest BCUT2D eigenvalue weighted by molar-refractivity contribution is -0.384. The molecule has 0 radical (unpaired) electrons. The molecule has 3 rings (SSSR count). The number of hydrogen-bond donors (Lipinski definition) is 1. The molecular formula is C13H9ClN4O2S. The van der Waals surface area contributed by atoms with Crippen LogP contribution in [0, 0.1) is 10.1 Å². The van der Waals surface area contributed by atoms with E-state index in [1.165, 1.54) is 18.5 Å². The van der Waals surface area contributed by atoms with E-state index in [1.54, 1.807) is 11.3 Å². The molecule has 2 heterocycles. The highest BCUT2D eigenvalue weighted by Crippen LogP contribution is 2.31. The van der Waals surface area contributed by atoms with Gasteiger partial charge in [0.15, 0.2) is 0 Å². The smallest absolute Gasteiger partial charge is 0.288 e. The first-order valence-electron chi connectivity index (χ1n) is 6.00. The molecule has 21 heavy (non-hydrogen) atoms. The molecule has 0 amide bonds. The molecule has 0 saturated carbocycles. The van der Waals surface area contributed by atoms with Crippen LogP contribution in [0.4, 0.5) is 11.5 Å². The van der Waals surface area contributed by atoms with Crippen LogP contribution in [-0.2, 0) is 6.54 Å². The summed E-state index contributed by atoms with van der Waals surface area (Å²) in [6.45, 7) is 0.597. The fraction of sp³-hybridized carbons (Fsp3) is 0.0769. The highest BCUT2D eigenvalue weighted by molar-refractivity contribution is 7.09. The number of thiophene rings is 1. The summed E-state index contributed by atoms with van der Waals surface area (Å²) in [6.07, 6.45) is 1.40. The van der Waals surface area contributed by atoms with Crippen molar-refractivity contribution in [2.45, 2.75) is 6.54 Å². The number of anilines is 1. The molecule has 8 heteroatoms. The number of hydrogen-bond acceptors (Lipinski definition) is 6. The number of fused-ring (bicyclic) bond motifs is 1. The van der Waals surface area contributed by atoms with Crippen molar-refractivity contribution in [1.29, 1.82) is 0 Å². The van der Waals surface area contributed by atoms with Gasteiger partial charge in [-0.15, -0.1) is 11.3 Å². The predicted molar refractivity (Wildman–Crippen MR) is 82.8 cm³/mol. The van der Waals surface area contributed by atoms with Gasteiger partial charge in [0.25, 0.3) is 5.69 Å². The number of nitrogens with one attached hydrogen (secondary N) is 1. The van der Waals surface area contributed by atoms with Gasteiger partial charge in [0.1, 0.15) is 17.2 Å². The standard InChI is InChI=1S/C13H9ClN4O2S/c14-10-5-11-9(4-12(10)18(19)20)13(17-7-16-11)15-6-8-2-1-3-21-8/h1-5,7H,6H2,(H,15,16,17). The fourth-order valence-electron chi connectivity index (χ4n) is 1.93. The van der Waals surface area contributed by atoms with Crippen LogP contribution in [-0.4, -0.2) is 14.9 Å². The molecule has 0 spiro atoms. The van der Waals surface area contributed by atoms with Crippen LogP contribution in [0.25, 0.3) is 10.9 Å².